The first kappa shape index (κ1) is 18.9. The van der Waals surface area contributed by atoms with Crippen LogP contribution in [0.4, 0.5) is 0 Å². The van der Waals surface area contributed by atoms with Gasteiger partial charge in [0.1, 0.15) is 0 Å². The number of sulfonamides is 1. The molecule has 0 saturated carbocycles. The van der Waals surface area contributed by atoms with Crippen LogP contribution in [0.2, 0.25) is 0 Å². The molecule has 0 N–H and O–H groups in total. The molecule has 1 aromatic carbocycles. The van der Waals surface area contributed by atoms with E-state index in [1.807, 2.05) is 26.0 Å². The van der Waals surface area contributed by atoms with Gasteiger partial charge in [0.15, 0.2) is 0 Å². The highest BCUT2D eigenvalue weighted by Crippen LogP contribution is 2.21. The van der Waals surface area contributed by atoms with Crippen LogP contribution in [0, 0.1) is 5.92 Å². The van der Waals surface area contributed by atoms with Crippen molar-refractivity contribution in [3.05, 3.63) is 29.8 Å². The van der Waals surface area contributed by atoms with E-state index in [9.17, 15) is 13.2 Å². The van der Waals surface area contributed by atoms with Gasteiger partial charge in [0, 0.05) is 32.1 Å². The number of piperazine rings is 1. The minimum atomic E-state index is -3.48. The van der Waals surface area contributed by atoms with Gasteiger partial charge in [-0.25, -0.2) is 8.42 Å². The van der Waals surface area contributed by atoms with Crippen molar-refractivity contribution in [2.24, 2.45) is 5.92 Å². The van der Waals surface area contributed by atoms with Crippen LogP contribution < -0.4 is 0 Å². The molecular weight excluding hydrogens is 324 g/mol. The van der Waals surface area contributed by atoms with Crippen molar-refractivity contribution in [1.82, 2.24) is 9.21 Å². The van der Waals surface area contributed by atoms with Gasteiger partial charge in [0.2, 0.25) is 15.9 Å². The highest BCUT2D eigenvalue weighted by molar-refractivity contribution is 7.89. The SMILES string of the molecule is CCC(C)C(=O)N1CCN(S(=O)(=O)c2ccc(C(C)C)cc2)CC1. The summed E-state index contributed by atoms with van der Waals surface area (Å²) in [5, 5.41) is 0. The van der Waals surface area contributed by atoms with Crippen molar-refractivity contribution < 1.29 is 13.2 Å². The summed E-state index contributed by atoms with van der Waals surface area (Å²) in [4.78, 5) is 14.3. The second-order valence-electron chi connectivity index (χ2n) is 6.76. The second-order valence-corrected chi connectivity index (χ2v) is 8.70. The van der Waals surface area contributed by atoms with E-state index >= 15 is 0 Å². The number of amides is 1. The van der Waals surface area contributed by atoms with E-state index < -0.39 is 10.0 Å². The zero-order chi connectivity index (χ0) is 17.9. The summed E-state index contributed by atoms with van der Waals surface area (Å²) in [5.74, 6) is 0.490. The fraction of sp³-hybridized carbons (Fsp3) is 0.611. The Bertz CT molecular complexity index is 660. The molecule has 0 bridgehead atoms. The molecule has 1 unspecified atom stereocenters. The van der Waals surface area contributed by atoms with Gasteiger partial charge in [-0.2, -0.15) is 4.31 Å². The molecule has 134 valence electrons. The fourth-order valence-electron chi connectivity index (χ4n) is 2.81. The molecule has 1 heterocycles. The first-order chi connectivity index (χ1) is 11.3. The molecule has 1 amide bonds. The van der Waals surface area contributed by atoms with Crippen LogP contribution in [0.15, 0.2) is 29.2 Å². The standard InChI is InChI=1S/C18H28N2O3S/c1-5-15(4)18(21)19-10-12-20(13-11-19)24(22,23)17-8-6-16(7-9-17)14(2)3/h6-9,14-15H,5,10-13H2,1-4H3. The molecule has 0 aromatic heterocycles. The van der Waals surface area contributed by atoms with Crippen LogP contribution in [0.5, 0.6) is 0 Å². The van der Waals surface area contributed by atoms with Crippen molar-refractivity contribution in [2.75, 3.05) is 26.2 Å². The summed E-state index contributed by atoms with van der Waals surface area (Å²) in [6.07, 6.45) is 0.805. The van der Waals surface area contributed by atoms with Crippen LogP contribution >= 0.6 is 0 Å². The molecule has 5 nitrogen and oxygen atoms in total. The third-order valence-corrected chi connectivity index (χ3v) is 6.68. The highest BCUT2D eigenvalue weighted by Gasteiger charge is 2.31. The molecule has 2 rings (SSSR count). The summed E-state index contributed by atoms with van der Waals surface area (Å²) in [6.45, 7) is 9.71. The molecule has 1 aliphatic heterocycles. The minimum absolute atomic E-state index is 0.00302. The Balaban J connectivity index is 2.06. The van der Waals surface area contributed by atoms with Crippen LogP contribution in [0.3, 0.4) is 0 Å². The van der Waals surface area contributed by atoms with Crippen LogP contribution in [0.1, 0.15) is 45.6 Å². The average molecular weight is 353 g/mol. The maximum atomic E-state index is 12.8. The summed E-state index contributed by atoms with van der Waals surface area (Å²) in [6, 6.07) is 7.11. The molecule has 1 aromatic rings. The first-order valence-corrected chi connectivity index (χ1v) is 10.1. The molecule has 6 heteroatoms. The van der Waals surface area contributed by atoms with Gasteiger partial charge in [0.25, 0.3) is 0 Å². The van der Waals surface area contributed by atoms with Crippen molar-refractivity contribution in [3.63, 3.8) is 0 Å². The van der Waals surface area contributed by atoms with E-state index in [-0.39, 0.29) is 11.8 Å². The van der Waals surface area contributed by atoms with Crippen molar-refractivity contribution in [2.45, 2.75) is 44.9 Å². The van der Waals surface area contributed by atoms with E-state index in [0.29, 0.717) is 37.0 Å². The van der Waals surface area contributed by atoms with Crippen LogP contribution in [0.25, 0.3) is 0 Å². The van der Waals surface area contributed by atoms with Gasteiger partial charge in [-0.3, -0.25) is 4.79 Å². The van der Waals surface area contributed by atoms with Gasteiger partial charge >= 0.3 is 0 Å². The Morgan fingerprint density at radius 3 is 2.04 bits per heavy atom. The normalized spacial score (nSPS) is 18.0. The molecule has 24 heavy (non-hydrogen) atoms. The average Bonchev–Trinajstić information content (AvgIpc) is 2.60. The van der Waals surface area contributed by atoms with E-state index in [4.69, 9.17) is 0 Å². The van der Waals surface area contributed by atoms with E-state index in [1.54, 1.807) is 17.0 Å². The maximum absolute atomic E-state index is 12.8. The lowest BCUT2D eigenvalue weighted by Gasteiger charge is -2.35. The predicted molar refractivity (Wildman–Crippen MR) is 95.3 cm³/mol. The van der Waals surface area contributed by atoms with Crippen LogP contribution in [-0.4, -0.2) is 49.7 Å². The number of carbonyl (C=O) groups is 1. The Kier molecular flexibility index (Phi) is 6.04. The van der Waals surface area contributed by atoms with Crippen molar-refractivity contribution in [1.29, 1.82) is 0 Å². The number of hydrogen-bond donors (Lipinski definition) is 0. The smallest absolute Gasteiger partial charge is 0.243 e. The molecule has 1 fully saturated rings. The Morgan fingerprint density at radius 2 is 1.58 bits per heavy atom. The van der Waals surface area contributed by atoms with E-state index in [0.717, 1.165) is 12.0 Å². The summed E-state index contributed by atoms with van der Waals surface area (Å²) >= 11 is 0. The topological polar surface area (TPSA) is 57.7 Å². The van der Waals surface area contributed by atoms with Gasteiger partial charge in [0.05, 0.1) is 4.90 Å². The minimum Gasteiger partial charge on any atom is -0.340 e. The van der Waals surface area contributed by atoms with E-state index in [1.165, 1.54) is 4.31 Å². The molecular formula is C18H28N2O3S. The number of nitrogens with zero attached hydrogens (tertiary/aromatic N) is 2. The molecule has 1 aliphatic rings. The molecule has 1 atom stereocenters. The summed E-state index contributed by atoms with van der Waals surface area (Å²) in [7, 11) is -3.48. The van der Waals surface area contributed by atoms with Gasteiger partial charge in [-0.1, -0.05) is 39.8 Å². The zero-order valence-electron chi connectivity index (χ0n) is 15.0. The maximum Gasteiger partial charge on any atom is 0.243 e. The Labute approximate surface area is 145 Å². The van der Waals surface area contributed by atoms with Gasteiger partial charge in [-0.15, -0.1) is 0 Å². The first-order valence-electron chi connectivity index (χ1n) is 8.66. The number of carbonyl (C=O) groups excluding carboxylic acids is 1. The monoisotopic (exact) mass is 352 g/mol. The molecule has 0 aliphatic carbocycles. The molecule has 0 radical (unpaired) electrons. The lowest BCUT2D eigenvalue weighted by atomic mass is 10.0. The highest BCUT2D eigenvalue weighted by atomic mass is 32.2. The van der Waals surface area contributed by atoms with Gasteiger partial charge in [-0.05, 0) is 30.0 Å². The Hall–Kier alpha value is -1.40. The molecule has 1 saturated heterocycles. The quantitative estimate of drug-likeness (QED) is 0.819. The second kappa shape index (κ2) is 7.66. The molecule has 0 spiro atoms. The lowest BCUT2D eigenvalue weighted by molar-refractivity contribution is -0.136. The van der Waals surface area contributed by atoms with E-state index in [2.05, 4.69) is 13.8 Å². The predicted octanol–water partition coefficient (Wildman–Crippen LogP) is 2.69. The third-order valence-electron chi connectivity index (χ3n) is 4.77. The number of rotatable bonds is 5. The van der Waals surface area contributed by atoms with Gasteiger partial charge < -0.3 is 4.90 Å². The lowest BCUT2D eigenvalue weighted by Crippen LogP contribution is -2.51. The largest absolute Gasteiger partial charge is 0.340 e. The van der Waals surface area contributed by atoms with Crippen LogP contribution in [-0.2, 0) is 14.8 Å². The zero-order valence-corrected chi connectivity index (χ0v) is 15.8. The van der Waals surface area contributed by atoms with Crippen molar-refractivity contribution >= 4 is 15.9 Å². The fourth-order valence-corrected chi connectivity index (χ4v) is 4.23. The number of benzene rings is 1. The Morgan fingerprint density at radius 1 is 1.04 bits per heavy atom. The summed E-state index contributed by atoms with van der Waals surface area (Å²) in [5.41, 5.74) is 1.12. The number of hydrogen-bond acceptors (Lipinski definition) is 3. The third kappa shape index (κ3) is 3.98. The summed E-state index contributed by atoms with van der Waals surface area (Å²) < 4.78 is 27.0. The van der Waals surface area contributed by atoms with Crippen molar-refractivity contribution in [3.8, 4) is 0 Å².